The van der Waals surface area contributed by atoms with Gasteiger partial charge in [0.15, 0.2) is 0 Å². The molecule has 0 aliphatic heterocycles. The van der Waals surface area contributed by atoms with Gasteiger partial charge in [0.2, 0.25) is 0 Å². The molecule has 1 atom stereocenters. The molecular formula is C9H19CaN2Na3O9. The quantitative estimate of drug-likeness (QED) is 0.221. The van der Waals surface area contributed by atoms with Crippen LogP contribution in [-0.4, -0.2) is 94.1 Å². The maximum Gasteiger partial charge on any atom is 2.00 e. The summed E-state index contributed by atoms with van der Waals surface area (Å²) in [5, 5.41) is 34.1. The summed E-state index contributed by atoms with van der Waals surface area (Å²) in [7, 11) is 0. The normalized spacial score (nSPS) is 8.67. The Labute approximate surface area is 240 Å². The minimum Gasteiger partial charge on any atom is -1.00 e. The number of hydrogen-bond donors (Lipinski definition) is 6. The van der Waals surface area contributed by atoms with Gasteiger partial charge in [0.1, 0.15) is 6.04 Å². The zero-order valence-electron chi connectivity index (χ0n) is 18.8. The third-order valence-electron chi connectivity index (χ3n) is 1.55. The molecule has 0 fully saturated rings. The molecule has 24 heavy (non-hydrogen) atoms. The number of aliphatic carboxylic acids is 4. The molecule has 0 bridgehead atoms. The van der Waals surface area contributed by atoms with Crippen LogP contribution in [0.15, 0.2) is 0 Å². The molecule has 0 saturated carbocycles. The van der Waals surface area contributed by atoms with Gasteiger partial charge < -0.3 is 38.6 Å². The summed E-state index contributed by atoms with van der Waals surface area (Å²) in [6, 6.07) is -2.54. The number of nitrogens with one attached hydrogen (secondary N) is 1. The maximum absolute atomic E-state index is 10.2. The van der Waals surface area contributed by atoms with Gasteiger partial charge in [-0.25, -0.2) is 9.59 Å². The van der Waals surface area contributed by atoms with Crippen molar-refractivity contribution in [3.8, 4) is 0 Å². The molecular weight excluding hydrogens is 389 g/mol. The average molecular weight is 408 g/mol. The van der Waals surface area contributed by atoms with Crippen LogP contribution in [-0.2, 0) is 19.2 Å². The van der Waals surface area contributed by atoms with Crippen molar-refractivity contribution in [2.45, 2.75) is 25.3 Å². The number of carboxylic acids is 4. The van der Waals surface area contributed by atoms with Crippen molar-refractivity contribution in [1.82, 2.24) is 5.32 Å². The minimum absolute atomic E-state index is 0. The maximum atomic E-state index is 10.2. The third-order valence-corrected chi connectivity index (χ3v) is 1.55. The Morgan fingerprint density at radius 3 is 1.33 bits per heavy atom. The SMILES string of the molecule is NC(=O)NC(CC(=O)O)C(=O)O.O=C(O)CCC(=O)O.[Ca+2].[H-].[H-].[H-].[H-].[H-].[Na+].[Na+].[Na+]. The van der Waals surface area contributed by atoms with E-state index in [0.29, 0.717) is 0 Å². The Bertz CT molecular complexity index is 401. The van der Waals surface area contributed by atoms with Crippen LogP contribution in [0.4, 0.5) is 4.79 Å². The van der Waals surface area contributed by atoms with Crippen LogP contribution in [0.3, 0.4) is 0 Å². The first-order valence-corrected chi connectivity index (χ1v) is 5.00. The van der Waals surface area contributed by atoms with Crippen molar-refractivity contribution < 1.29 is 140 Å². The number of amides is 2. The topological polar surface area (TPSA) is 204 Å². The third kappa shape index (κ3) is 34.7. The minimum atomic E-state index is -1.47. The van der Waals surface area contributed by atoms with Gasteiger partial charge in [-0.15, -0.1) is 0 Å². The summed E-state index contributed by atoms with van der Waals surface area (Å²) in [4.78, 5) is 49.7. The summed E-state index contributed by atoms with van der Waals surface area (Å²) in [6.07, 6.45) is -1.29. The van der Waals surface area contributed by atoms with E-state index in [-0.39, 0.29) is 146 Å². The molecule has 0 aromatic carbocycles. The molecule has 0 saturated heterocycles. The van der Waals surface area contributed by atoms with Crippen molar-refractivity contribution in [2.24, 2.45) is 5.73 Å². The molecule has 124 valence electrons. The van der Waals surface area contributed by atoms with E-state index in [1.165, 1.54) is 0 Å². The first-order chi connectivity index (χ1) is 9.06. The van der Waals surface area contributed by atoms with Crippen molar-refractivity contribution in [3.05, 3.63) is 0 Å². The van der Waals surface area contributed by atoms with E-state index in [2.05, 4.69) is 5.73 Å². The predicted molar refractivity (Wildman–Crippen MR) is 72.2 cm³/mol. The van der Waals surface area contributed by atoms with Gasteiger partial charge >= 0.3 is 156 Å². The standard InChI is InChI=1S/C5H8N2O5.C4H6O4.Ca.3Na.5H/c6-5(12)7-2(4(10)11)1-3(8)9;5-3(6)1-2-4(7)8;;;;;;;;;/h2H,1H2,(H,8,9)(H,10,11)(H3,6,7,12);1-2H2,(H,5,6)(H,7,8);;;;;;;;;/q;;+2;3*+1;5*-1. The van der Waals surface area contributed by atoms with Crippen molar-refractivity contribution in [1.29, 1.82) is 0 Å². The Morgan fingerprint density at radius 1 is 0.833 bits per heavy atom. The Kier molecular flexibility index (Phi) is 40.9. The summed E-state index contributed by atoms with van der Waals surface area (Å²) < 4.78 is 0. The number of hydrogen-bond acceptors (Lipinski definition) is 5. The van der Waals surface area contributed by atoms with Gasteiger partial charge in [-0.1, -0.05) is 0 Å². The largest absolute Gasteiger partial charge is 2.00 e. The zero-order chi connectivity index (χ0) is 16.3. The van der Waals surface area contributed by atoms with Crippen molar-refractivity contribution in [2.75, 3.05) is 0 Å². The Hall–Kier alpha value is 1.41. The summed E-state index contributed by atoms with van der Waals surface area (Å²) in [6.45, 7) is 0. The number of rotatable bonds is 7. The molecule has 2 amide bonds. The van der Waals surface area contributed by atoms with Crippen LogP contribution in [0.2, 0.25) is 0 Å². The van der Waals surface area contributed by atoms with Crippen LogP contribution < -0.4 is 99.7 Å². The van der Waals surface area contributed by atoms with E-state index in [9.17, 15) is 24.0 Å². The first-order valence-electron chi connectivity index (χ1n) is 5.00. The predicted octanol–water partition coefficient (Wildman–Crippen LogP) is -10.3. The second-order valence-corrected chi connectivity index (χ2v) is 3.28. The zero-order valence-corrected chi connectivity index (χ0v) is 22.0. The number of carboxylic acid groups (broad SMARTS) is 4. The molecule has 1 unspecified atom stereocenters. The number of primary amides is 1. The van der Waals surface area contributed by atoms with E-state index < -0.39 is 42.4 Å². The molecule has 0 spiro atoms. The first kappa shape index (κ1) is 40.2. The molecule has 11 nitrogen and oxygen atoms in total. The van der Waals surface area contributed by atoms with Crippen LogP contribution in [0.5, 0.6) is 0 Å². The van der Waals surface area contributed by atoms with Gasteiger partial charge in [-0.3, -0.25) is 14.4 Å². The summed E-state index contributed by atoms with van der Waals surface area (Å²) >= 11 is 0. The molecule has 0 aromatic rings. The molecule has 0 aromatic heterocycles. The molecule has 0 rings (SSSR count). The van der Waals surface area contributed by atoms with Gasteiger partial charge in [0.05, 0.1) is 19.3 Å². The van der Waals surface area contributed by atoms with E-state index in [1.54, 1.807) is 5.32 Å². The monoisotopic (exact) mass is 408 g/mol. The fourth-order valence-corrected chi connectivity index (χ4v) is 0.760. The number of carbonyl (C=O) groups excluding carboxylic acids is 1. The van der Waals surface area contributed by atoms with E-state index in [4.69, 9.17) is 20.4 Å². The van der Waals surface area contributed by atoms with E-state index >= 15 is 0 Å². The van der Waals surface area contributed by atoms with Crippen LogP contribution in [0, 0.1) is 0 Å². The second-order valence-electron chi connectivity index (χ2n) is 3.28. The van der Waals surface area contributed by atoms with Crippen LogP contribution in [0.1, 0.15) is 26.4 Å². The number of carbonyl (C=O) groups is 5. The smallest absolute Gasteiger partial charge is 1.00 e. The molecule has 7 N–H and O–H groups in total. The van der Waals surface area contributed by atoms with Crippen molar-refractivity contribution >= 4 is 67.6 Å². The number of urea groups is 1. The molecule has 0 aliphatic carbocycles. The molecule has 0 heterocycles. The van der Waals surface area contributed by atoms with Crippen LogP contribution >= 0.6 is 0 Å². The van der Waals surface area contributed by atoms with E-state index in [0.717, 1.165) is 0 Å². The fourth-order valence-electron chi connectivity index (χ4n) is 0.760. The molecule has 15 heteroatoms. The fraction of sp³-hybridized carbons (Fsp3) is 0.444. The summed E-state index contributed by atoms with van der Waals surface area (Å²) in [5.74, 6) is -4.91. The van der Waals surface area contributed by atoms with E-state index in [1.807, 2.05) is 0 Å². The Morgan fingerprint density at radius 2 is 1.17 bits per heavy atom. The Balaban J connectivity index is -0.0000000196. The molecule has 0 aliphatic rings. The molecule has 0 radical (unpaired) electrons. The van der Waals surface area contributed by atoms with Gasteiger partial charge in [-0.05, 0) is 0 Å². The van der Waals surface area contributed by atoms with Gasteiger partial charge in [0, 0.05) is 0 Å². The average Bonchev–Trinajstić information content (AvgIpc) is 2.25. The van der Waals surface area contributed by atoms with Crippen LogP contribution in [0.25, 0.3) is 0 Å². The van der Waals surface area contributed by atoms with Gasteiger partial charge in [0.25, 0.3) is 0 Å². The number of nitrogens with two attached hydrogens (primary N) is 1. The van der Waals surface area contributed by atoms with Gasteiger partial charge in [-0.2, -0.15) is 0 Å². The van der Waals surface area contributed by atoms with Crippen molar-refractivity contribution in [3.63, 3.8) is 0 Å². The summed E-state index contributed by atoms with van der Waals surface area (Å²) in [5.41, 5.74) is 4.60. The second kappa shape index (κ2) is 24.4.